The summed E-state index contributed by atoms with van der Waals surface area (Å²) in [6.07, 6.45) is 2.15. The van der Waals surface area contributed by atoms with Crippen molar-refractivity contribution in [3.63, 3.8) is 0 Å². The van der Waals surface area contributed by atoms with Gasteiger partial charge in [-0.3, -0.25) is 20.4 Å². The molecule has 1 aromatic carbocycles. The molecule has 2 amide bonds. The highest BCUT2D eigenvalue weighted by Crippen LogP contribution is 2.27. The highest BCUT2D eigenvalue weighted by Gasteiger charge is 2.33. The first-order chi connectivity index (χ1) is 15.2. The Labute approximate surface area is 186 Å². The number of sulfonamides is 1. The number of piperidine rings is 1. The van der Waals surface area contributed by atoms with Gasteiger partial charge in [-0.15, -0.1) is 0 Å². The summed E-state index contributed by atoms with van der Waals surface area (Å²) in [7, 11) is 0.974. The number of nitrogens with zero attached hydrogens (tertiary/aromatic N) is 3. The Balaban J connectivity index is 1.54. The molecular formula is C20H27N5O6S. The molecule has 1 aliphatic rings. The quantitative estimate of drug-likeness (QED) is 0.598. The summed E-state index contributed by atoms with van der Waals surface area (Å²) in [5.41, 5.74) is 5.09. The number of imidazole rings is 1. The number of hydrogen-bond donors (Lipinski definition) is 2. The summed E-state index contributed by atoms with van der Waals surface area (Å²) in [5, 5.41) is 0.00239. The van der Waals surface area contributed by atoms with Crippen molar-refractivity contribution in [2.75, 3.05) is 27.3 Å². The first-order valence-electron chi connectivity index (χ1n) is 9.99. The van der Waals surface area contributed by atoms with Gasteiger partial charge in [0.25, 0.3) is 15.9 Å². The fraction of sp³-hybridized carbons (Fsp3) is 0.450. The Morgan fingerprint density at radius 1 is 1.09 bits per heavy atom. The van der Waals surface area contributed by atoms with Gasteiger partial charge in [0.15, 0.2) is 16.5 Å². The Morgan fingerprint density at radius 3 is 2.31 bits per heavy atom. The van der Waals surface area contributed by atoms with Crippen LogP contribution in [-0.2, 0) is 21.9 Å². The van der Waals surface area contributed by atoms with Gasteiger partial charge in [-0.05, 0) is 38.0 Å². The van der Waals surface area contributed by atoms with Crippen LogP contribution in [0.4, 0.5) is 0 Å². The first-order valence-corrected chi connectivity index (χ1v) is 11.4. The van der Waals surface area contributed by atoms with Crippen molar-refractivity contribution < 1.29 is 27.5 Å². The number of carbonyl (C=O) groups is 2. The van der Waals surface area contributed by atoms with E-state index in [0.29, 0.717) is 30.2 Å². The maximum absolute atomic E-state index is 12.8. The number of amides is 2. The van der Waals surface area contributed by atoms with Crippen LogP contribution in [0.15, 0.2) is 29.4 Å². The van der Waals surface area contributed by atoms with Crippen molar-refractivity contribution in [3.05, 3.63) is 35.8 Å². The summed E-state index contributed by atoms with van der Waals surface area (Å²) in [5.74, 6) is 0.175. The number of hydrogen-bond acceptors (Lipinski definition) is 7. The predicted molar refractivity (Wildman–Crippen MR) is 115 cm³/mol. The molecule has 1 aromatic heterocycles. The average molecular weight is 466 g/mol. The van der Waals surface area contributed by atoms with Gasteiger partial charge in [-0.2, -0.15) is 4.31 Å². The van der Waals surface area contributed by atoms with Gasteiger partial charge >= 0.3 is 0 Å². The number of rotatable bonds is 6. The van der Waals surface area contributed by atoms with Crippen molar-refractivity contribution in [2.45, 2.75) is 24.8 Å². The van der Waals surface area contributed by atoms with Crippen LogP contribution in [-0.4, -0.2) is 61.4 Å². The molecule has 0 bridgehead atoms. The molecule has 174 valence electrons. The van der Waals surface area contributed by atoms with Gasteiger partial charge in [-0.25, -0.2) is 13.4 Å². The van der Waals surface area contributed by atoms with Gasteiger partial charge < -0.3 is 14.0 Å². The number of methoxy groups -OCH3 is 2. The minimum Gasteiger partial charge on any atom is -0.493 e. The molecule has 2 heterocycles. The maximum atomic E-state index is 12.8. The summed E-state index contributed by atoms with van der Waals surface area (Å²) < 4.78 is 38.8. The molecule has 1 aliphatic heterocycles. The minimum absolute atomic E-state index is 0.00239. The summed E-state index contributed by atoms with van der Waals surface area (Å²) in [6, 6.07) is 4.64. The topological polar surface area (TPSA) is 132 Å². The maximum Gasteiger partial charge on any atom is 0.269 e. The largest absolute Gasteiger partial charge is 0.493 e. The number of aromatic nitrogens is 2. The fourth-order valence-corrected chi connectivity index (χ4v) is 4.91. The minimum atomic E-state index is -3.71. The van der Waals surface area contributed by atoms with Gasteiger partial charge in [0.2, 0.25) is 5.91 Å². The van der Waals surface area contributed by atoms with Crippen molar-refractivity contribution in [1.82, 2.24) is 24.7 Å². The van der Waals surface area contributed by atoms with Crippen LogP contribution >= 0.6 is 0 Å². The molecule has 0 aliphatic carbocycles. The molecule has 11 nitrogen and oxygen atoms in total. The van der Waals surface area contributed by atoms with E-state index in [0.717, 1.165) is 0 Å². The van der Waals surface area contributed by atoms with Crippen molar-refractivity contribution in [2.24, 2.45) is 13.0 Å². The first kappa shape index (κ1) is 23.5. The van der Waals surface area contributed by atoms with Crippen LogP contribution in [0.2, 0.25) is 0 Å². The van der Waals surface area contributed by atoms with E-state index in [2.05, 4.69) is 15.8 Å². The molecule has 0 spiro atoms. The number of hydrazine groups is 1. The summed E-state index contributed by atoms with van der Waals surface area (Å²) >= 11 is 0. The zero-order chi connectivity index (χ0) is 23.5. The van der Waals surface area contributed by atoms with Crippen molar-refractivity contribution >= 4 is 21.8 Å². The van der Waals surface area contributed by atoms with E-state index >= 15 is 0 Å². The molecule has 32 heavy (non-hydrogen) atoms. The Hall–Kier alpha value is -3.12. The van der Waals surface area contributed by atoms with Crippen molar-refractivity contribution in [3.8, 4) is 11.5 Å². The normalized spacial score (nSPS) is 15.2. The van der Waals surface area contributed by atoms with Gasteiger partial charge in [-0.1, -0.05) is 0 Å². The third-order valence-corrected chi connectivity index (χ3v) is 7.23. The monoisotopic (exact) mass is 465 g/mol. The predicted octanol–water partition coefficient (Wildman–Crippen LogP) is 0.608. The molecule has 1 fully saturated rings. The molecule has 0 atom stereocenters. The molecule has 1 saturated heterocycles. The lowest BCUT2D eigenvalue weighted by Crippen LogP contribution is -2.48. The van der Waals surface area contributed by atoms with E-state index in [-0.39, 0.29) is 29.6 Å². The standard InChI is InChI=1S/C20H27N5O6S/c1-13-21-18(12-24(13)2)32(28,29)25-9-7-14(8-10-25)19(26)22-23-20(27)15-5-6-16(30-3)17(11-15)31-4/h5-6,11-12,14H,7-10H2,1-4H3,(H,22,26)(H,23,27). The Morgan fingerprint density at radius 2 is 1.75 bits per heavy atom. The zero-order valence-electron chi connectivity index (χ0n) is 18.4. The van der Waals surface area contributed by atoms with E-state index in [1.165, 1.54) is 30.8 Å². The van der Waals surface area contributed by atoms with Crippen LogP contribution in [0.1, 0.15) is 29.0 Å². The molecule has 0 radical (unpaired) electrons. The number of nitrogens with one attached hydrogen (secondary N) is 2. The lowest BCUT2D eigenvalue weighted by atomic mass is 9.98. The van der Waals surface area contributed by atoms with Crippen LogP contribution < -0.4 is 20.3 Å². The number of benzene rings is 1. The number of ether oxygens (including phenoxy) is 2. The third kappa shape index (κ3) is 4.86. The summed E-state index contributed by atoms with van der Waals surface area (Å²) in [4.78, 5) is 28.9. The highest BCUT2D eigenvalue weighted by molar-refractivity contribution is 7.89. The Kier molecular flexibility index (Phi) is 7.04. The molecule has 0 saturated carbocycles. The highest BCUT2D eigenvalue weighted by atomic mass is 32.2. The van der Waals surface area contributed by atoms with E-state index in [1.807, 2.05) is 0 Å². The molecule has 0 unspecified atom stereocenters. The van der Waals surface area contributed by atoms with Crippen LogP contribution in [0.5, 0.6) is 11.5 Å². The number of aryl methyl sites for hydroxylation is 2. The second kappa shape index (κ2) is 9.57. The molecule has 3 rings (SSSR count). The third-order valence-electron chi connectivity index (χ3n) is 5.46. The van der Waals surface area contributed by atoms with E-state index in [9.17, 15) is 18.0 Å². The number of carbonyl (C=O) groups excluding carboxylic acids is 2. The van der Waals surface area contributed by atoms with Gasteiger partial charge in [0, 0.05) is 37.8 Å². The van der Waals surface area contributed by atoms with E-state index < -0.39 is 21.8 Å². The van der Waals surface area contributed by atoms with Crippen LogP contribution in [0.3, 0.4) is 0 Å². The molecule has 2 N–H and O–H groups in total. The lowest BCUT2D eigenvalue weighted by molar-refractivity contribution is -0.126. The van der Waals surface area contributed by atoms with Crippen LogP contribution in [0.25, 0.3) is 0 Å². The lowest BCUT2D eigenvalue weighted by Gasteiger charge is -2.29. The SMILES string of the molecule is COc1ccc(C(=O)NNC(=O)C2CCN(S(=O)(=O)c3cn(C)c(C)n3)CC2)cc1OC. The second-order valence-corrected chi connectivity index (χ2v) is 9.31. The average Bonchev–Trinajstić information content (AvgIpc) is 3.15. The zero-order valence-corrected chi connectivity index (χ0v) is 19.2. The molecule has 12 heteroatoms. The second-order valence-electron chi connectivity index (χ2n) is 7.43. The van der Waals surface area contributed by atoms with Gasteiger partial charge in [0.05, 0.1) is 14.2 Å². The smallest absolute Gasteiger partial charge is 0.269 e. The van der Waals surface area contributed by atoms with E-state index in [1.54, 1.807) is 30.7 Å². The van der Waals surface area contributed by atoms with Gasteiger partial charge in [0.1, 0.15) is 5.82 Å². The summed E-state index contributed by atoms with van der Waals surface area (Å²) in [6.45, 7) is 2.12. The fourth-order valence-electron chi connectivity index (χ4n) is 3.41. The molecule has 2 aromatic rings. The molecular weight excluding hydrogens is 438 g/mol. The van der Waals surface area contributed by atoms with E-state index in [4.69, 9.17) is 9.47 Å². The van der Waals surface area contributed by atoms with Crippen molar-refractivity contribution in [1.29, 1.82) is 0 Å². The van der Waals surface area contributed by atoms with Crippen LogP contribution in [0, 0.1) is 12.8 Å². The Bertz CT molecular complexity index is 1090.